The third kappa shape index (κ3) is 6.66. The number of carbonyl (C=O) groups is 1. The average molecular weight is 404 g/mol. The van der Waals surface area contributed by atoms with E-state index < -0.39 is 0 Å². The molecule has 0 heterocycles. The monoisotopic (exact) mass is 403 g/mol. The third-order valence-electron chi connectivity index (χ3n) is 4.75. The van der Waals surface area contributed by atoms with E-state index in [1.54, 1.807) is 6.07 Å². The van der Waals surface area contributed by atoms with Crippen molar-refractivity contribution in [3.63, 3.8) is 0 Å². The predicted molar refractivity (Wildman–Crippen MR) is 121 cm³/mol. The maximum Gasteiger partial charge on any atom is 0.259 e. The molecule has 1 amide bonds. The third-order valence-corrected chi connectivity index (χ3v) is 4.75. The van der Waals surface area contributed by atoms with Gasteiger partial charge in [0.1, 0.15) is 11.5 Å². The van der Waals surface area contributed by atoms with Crippen LogP contribution in [0.1, 0.15) is 42.1 Å². The number of ether oxygens (including phenoxy) is 2. The molecular weight excluding hydrogens is 374 g/mol. The molecule has 0 spiro atoms. The molecule has 3 aromatic rings. The molecule has 0 radical (unpaired) electrons. The van der Waals surface area contributed by atoms with Gasteiger partial charge in [-0.3, -0.25) is 4.79 Å². The molecule has 0 saturated heterocycles. The first-order valence-corrected chi connectivity index (χ1v) is 10.6. The number of unbranched alkanes of at least 4 members (excludes halogenated alkanes) is 2. The first-order chi connectivity index (χ1) is 14.8. The average Bonchev–Trinajstić information content (AvgIpc) is 2.79. The molecule has 4 nitrogen and oxygen atoms in total. The molecule has 156 valence electrons. The Bertz CT molecular complexity index is 907. The van der Waals surface area contributed by atoms with Gasteiger partial charge in [-0.15, -0.1) is 0 Å². The van der Waals surface area contributed by atoms with E-state index in [1.165, 1.54) is 5.56 Å². The van der Waals surface area contributed by atoms with Crippen LogP contribution >= 0.6 is 0 Å². The van der Waals surface area contributed by atoms with Crippen LogP contribution in [0, 0.1) is 0 Å². The van der Waals surface area contributed by atoms with E-state index in [-0.39, 0.29) is 5.91 Å². The molecule has 0 aromatic heterocycles. The molecular formula is C26H29NO3. The zero-order chi connectivity index (χ0) is 21.0. The van der Waals surface area contributed by atoms with E-state index in [9.17, 15) is 4.79 Å². The van der Waals surface area contributed by atoms with Crippen LogP contribution in [0.4, 0.5) is 5.69 Å². The predicted octanol–water partition coefficient (Wildman–Crippen LogP) is 6.13. The largest absolute Gasteiger partial charge is 0.493 e. The van der Waals surface area contributed by atoms with Crippen molar-refractivity contribution in [2.24, 2.45) is 0 Å². The fraction of sp³-hybridized carbons (Fsp3) is 0.269. The van der Waals surface area contributed by atoms with Crippen LogP contribution in [-0.2, 0) is 6.42 Å². The summed E-state index contributed by atoms with van der Waals surface area (Å²) in [6.07, 6.45) is 4.10. The highest BCUT2D eigenvalue weighted by atomic mass is 16.5. The number of nitrogens with one attached hydrogen (secondary N) is 1. The van der Waals surface area contributed by atoms with Crippen molar-refractivity contribution in [2.75, 3.05) is 18.5 Å². The molecule has 0 saturated carbocycles. The van der Waals surface area contributed by atoms with Crippen LogP contribution < -0.4 is 14.8 Å². The normalized spacial score (nSPS) is 10.4. The Morgan fingerprint density at radius 1 is 0.800 bits per heavy atom. The highest BCUT2D eigenvalue weighted by Gasteiger charge is 2.12. The molecule has 1 N–H and O–H groups in total. The number of hydrogen-bond donors (Lipinski definition) is 1. The molecule has 0 atom stereocenters. The number of hydrogen-bond acceptors (Lipinski definition) is 3. The zero-order valence-electron chi connectivity index (χ0n) is 17.5. The smallest absolute Gasteiger partial charge is 0.259 e. The second-order valence-electron chi connectivity index (χ2n) is 7.11. The highest BCUT2D eigenvalue weighted by Crippen LogP contribution is 2.21. The van der Waals surface area contributed by atoms with Gasteiger partial charge in [0.05, 0.1) is 18.8 Å². The topological polar surface area (TPSA) is 47.6 Å². The first kappa shape index (κ1) is 21.4. The lowest BCUT2D eigenvalue weighted by atomic mass is 10.1. The summed E-state index contributed by atoms with van der Waals surface area (Å²) < 4.78 is 11.6. The summed E-state index contributed by atoms with van der Waals surface area (Å²) in [6, 6.07) is 25.0. The Labute approximate surface area is 178 Å². The minimum Gasteiger partial charge on any atom is -0.493 e. The Morgan fingerprint density at radius 2 is 1.53 bits per heavy atom. The van der Waals surface area contributed by atoms with E-state index >= 15 is 0 Å². The van der Waals surface area contributed by atoms with Gasteiger partial charge in [-0.2, -0.15) is 0 Å². The van der Waals surface area contributed by atoms with Gasteiger partial charge in [0.15, 0.2) is 0 Å². The van der Waals surface area contributed by atoms with Crippen LogP contribution in [0.2, 0.25) is 0 Å². The SMILES string of the molecule is CCCCCOc1ccccc1C(=O)Nc1ccc(OCCc2ccccc2)cc1. The molecule has 3 rings (SSSR count). The van der Waals surface area contributed by atoms with Crippen molar-refractivity contribution in [3.05, 3.63) is 90.0 Å². The van der Waals surface area contributed by atoms with E-state index in [0.29, 0.717) is 24.5 Å². The van der Waals surface area contributed by atoms with Crippen molar-refractivity contribution in [1.82, 2.24) is 0 Å². The lowest BCUT2D eigenvalue weighted by molar-refractivity contribution is 0.102. The quantitative estimate of drug-likeness (QED) is 0.392. The first-order valence-electron chi connectivity index (χ1n) is 10.6. The minimum absolute atomic E-state index is 0.182. The maximum absolute atomic E-state index is 12.7. The van der Waals surface area contributed by atoms with E-state index in [1.807, 2.05) is 60.7 Å². The Morgan fingerprint density at radius 3 is 2.30 bits per heavy atom. The summed E-state index contributed by atoms with van der Waals surface area (Å²) in [6.45, 7) is 3.38. The van der Waals surface area contributed by atoms with Gasteiger partial charge in [-0.1, -0.05) is 62.2 Å². The number of para-hydroxylation sites is 1. The molecule has 0 aliphatic carbocycles. The van der Waals surface area contributed by atoms with Crippen molar-refractivity contribution in [2.45, 2.75) is 32.6 Å². The maximum atomic E-state index is 12.7. The van der Waals surface area contributed by atoms with Gasteiger partial charge in [0.2, 0.25) is 0 Å². The number of anilines is 1. The molecule has 0 unspecified atom stereocenters. The number of amides is 1. The molecule has 0 bridgehead atoms. The lowest BCUT2D eigenvalue weighted by Gasteiger charge is -2.12. The summed E-state index contributed by atoms with van der Waals surface area (Å²) >= 11 is 0. The van der Waals surface area contributed by atoms with E-state index in [4.69, 9.17) is 9.47 Å². The molecule has 0 fully saturated rings. The van der Waals surface area contributed by atoms with Crippen LogP contribution in [0.3, 0.4) is 0 Å². The van der Waals surface area contributed by atoms with Gasteiger partial charge in [-0.25, -0.2) is 0 Å². The van der Waals surface area contributed by atoms with Gasteiger partial charge in [0.25, 0.3) is 5.91 Å². The summed E-state index contributed by atoms with van der Waals surface area (Å²) in [7, 11) is 0. The lowest BCUT2D eigenvalue weighted by Crippen LogP contribution is -2.14. The molecule has 3 aromatic carbocycles. The number of benzene rings is 3. The van der Waals surface area contributed by atoms with Crippen LogP contribution in [0.5, 0.6) is 11.5 Å². The minimum atomic E-state index is -0.182. The second-order valence-corrected chi connectivity index (χ2v) is 7.11. The summed E-state index contributed by atoms with van der Waals surface area (Å²) in [4.78, 5) is 12.7. The van der Waals surface area contributed by atoms with Crippen molar-refractivity contribution >= 4 is 11.6 Å². The Hall–Kier alpha value is -3.27. The standard InChI is InChI=1S/C26H29NO3/c1-2-3-9-19-30-25-13-8-7-12-24(25)26(28)27-22-14-16-23(17-15-22)29-20-18-21-10-5-4-6-11-21/h4-8,10-17H,2-3,9,18-20H2,1H3,(H,27,28). The van der Waals surface area contributed by atoms with Crippen LogP contribution in [-0.4, -0.2) is 19.1 Å². The summed E-state index contributed by atoms with van der Waals surface area (Å²) in [5.74, 6) is 1.22. The van der Waals surface area contributed by atoms with Crippen molar-refractivity contribution in [3.8, 4) is 11.5 Å². The van der Waals surface area contributed by atoms with Crippen LogP contribution in [0.15, 0.2) is 78.9 Å². The van der Waals surface area contributed by atoms with E-state index in [0.717, 1.165) is 37.1 Å². The van der Waals surface area contributed by atoms with Gasteiger partial charge in [-0.05, 0) is 48.4 Å². The van der Waals surface area contributed by atoms with Crippen molar-refractivity contribution in [1.29, 1.82) is 0 Å². The highest BCUT2D eigenvalue weighted by molar-refractivity contribution is 6.06. The van der Waals surface area contributed by atoms with Crippen LogP contribution in [0.25, 0.3) is 0 Å². The Balaban J connectivity index is 1.52. The summed E-state index contributed by atoms with van der Waals surface area (Å²) in [5, 5.41) is 2.93. The fourth-order valence-electron chi connectivity index (χ4n) is 3.08. The van der Waals surface area contributed by atoms with Gasteiger partial charge in [0, 0.05) is 12.1 Å². The van der Waals surface area contributed by atoms with Gasteiger partial charge < -0.3 is 14.8 Å². The van der Waals surface area contributed by atoms with Gasteiger partial charge >= 0.3 is 0 Å². The molecule has 0 aliphatic heterocycles. The number of carbonyl (C=O) groups excluding carboxylic acids is 1. The second kappa shape index (κ2) is 11.7. The Kier molecular flexibility index (Phi) is 8.34. The number of rotatable bonds is 11. The molecule has 4 heteroatoms. The molecule has 30 heavy (non-hydrogen) atoms. The van der Waals surface area contributed by atoms with Crippen molar-refractivity contribution < 1.29 is 14.3 Å². The zero-order valence-corrected chi connectivity index (χ0v) is 17.5. The molecule has 0 aliphatic rings. The fourth-order valence-corrected chi connectivity index (χ4v) is 3.08. The van der Waals surface area contributed by atoms with E-state index in [2.05, 4.69) is 24.4 Å². The summed E-state index contributed by atoms with van der Waals surface area (Å²) in [5.41, 5.74) is 2.50.